The largest absolute Gasteiger partial charge is 0.482 e. The standard InChI is InChI=1S/C21H22FN3O3/c1-2-3-6-17(15-9-11-16(22)12-10-15)23-24-20(26)13-25-18-7-4-5-8-19(18)28-14-21(25)27/h4-5,7-12H,2-3,6,13-14H2,1H3,(H,24,26)/b23-17-. The zero-order chi connectivity index (χ0) is 19.9. The van der Waals surface area contributed by atoms with Crippen LogP contribution < -0.4 is 15.1 Å². The fourth-order valence-electron chi connectivity index (χ4n) is 2.89. The molecule has 0 spiro atoms. The molecule has 0 saturated heterocycles. The molecule has 0 atom stereocenters. The van der Waals surface area contributed by atoms with Crippen LogP contribution in [0.4, 0.5) is 10.1 Å². The zero-order valence-electron chi connectivity index (χ0n) is 15.7. The molecule has 0 aromatic heterocycles. The quantitative estimate of drug-likeness (QED) is 0.589. The highest BCUT2D eigenvalue weighted by Gasteiger charge is 2.26. The van der Waals surface area contributed by atoms with E-state index in [0.717, 1.165) is 18.4 Å². The molecule has 3 rings (SSSR count). The number of hydrogen-bond acceptors (Lipinski definition) is 4. The number of hydrazone groups is 1. The van der Waals surface area contributed by atoms with Gasteiger partial charge in [-0.2, -0.15) is 5.10 Å². The summed E-state index contributed by atoms with van der Waals surface area (Å²) in [6.45, 7) is 1.79. The third-order valence-corrected chi connectivity index (χ3v) is 4.37. The van der Waals surface area contributed by atoms with Crippen molar-refractivity contribution in [3.8, 4) is 5.75 Å². The lowest BCUT2D eigenvalue weighted by atomic mass is 10.1. The lowest BCUT2D eigenvalue weighted by Crippen LogP contribution is -2.44. The second-order valence-corrected chi connectivity index (χ2v) is 6.44. The number of halogens is 1. The van der Waals surface area contributed by atoms with Gasteiger partial charge in [-0.1, -0.05) is 37.6 Å². The van der Waals surface area contributed by atoms with Crippen molar-refractivity contribution in [1.29, 1.82) is 0 Å². The minimum absolute atomic E-state index is 0.106. The summed E-state index contributed by atoms with van der Waals surface area (Å²) in [7, 11) is 0. The van der Waals surface area contributed by atoms with Crippen LogP contribution in [0.25, 0.3) is 0 Å². The van der Waals surface area contributed by atoms with E-state index in [1.807, 2.05) is 0 Å². The average molecular weight is 383 g/mol. The molecule has 2 amide bonds. The fraction of sp³-hybridized carbons (Fsp3) is 0.286. The molecular formula is C21H22FN3O3. The highest BCUT2D eigenvalue weighted by atomic mass is 19.1. The van der Waals surface area contributed by atoms with Gasteiger partial charge in [-0.3, -0.25) is 14.5 Å². The van der Waals surface area contributed by atoms with E-state index in [2.05, 4.69) is 17.5 Å². The van der Waals surface area contributed by atoms with Gasteiger partial charge < -0.3 is 4.74 Å². The lowest BCUT2D eigenvalue weighted by Gasteiger charge is -2.28. The molecule has 2 aromatic rings. The maximum atomic E-state index is 13.2. The first-order valence-electron chi connectivity index (χ1n) is 9.22. The van der Waals surface area contributed by atoms with Crippen molar-refractivity contribution in [3.63, 3.8) is 0 Å². The second kappa shape index (κ2) is 9.12. The van der Waals surface area contributed by atoms with Crippen LogP contribution in [-0.4, -0.2) is 30.7 Å². The van der Waals surface area contributed by atoms with Gasteiger partial charge in [0.2, 0.25) is 0 Å². The van der Waals surface area contributed by atoms with Crippen LogP contribution in [0.15, 0.2) is 53.6 Å². The number of rotatable bonds is 7. The zero-order valence-corrected chi connectivity index (χ0v) is 15.7. The van der Waals surface area contributed by atoms with Gasteiger partial charge in [0.1, 0.15) is 18.1 Å². The summed E-state index contributed by atoms with van der Waals surface area (Å²) in [6, 6.07) is 13.1. The summed E-state index contributed by atoms with van der Waals surface area (Å²) in [5, 5.41) is 4.23. The van der Waals surface area contributed by atoms with E-state index >= 15 is 0 Å². The van der Waals surface area contributed by atoms with Crippen LogP contribution in [0, 0.1) is 5.82 Å². The number of ether oxygens (including phenoxy) is 1. The Balaban J connectivity index is 1.71. The van der Waals surface area contributed by atoms with Crippen molar-refractivity contribution in [3.05, 3.63) is 59.9 Å². The predicted octanol–water partition coefficient (Wildman–Crippen LogP) is 3.26. The predicted molar refractivity (Wildman–Crippen MR) is 105 cm³/mol. The molecule has 0 fully saturated rings. The van der Waals surface area contributed by atoms with Gasteiger partial charge in [0.15, 0.2) is 6.61 Å². The Labute approximate surface area is 163 Å². The highest BCUT2D eigenvalue weighted by Crippen LogP contribution is 2.31. The molecule has 1 heterocycles. The third kappa shape index (κ3) is 4.73. The minimum atomic E-state index is -0.416. The number of amides is 2. The smallest absolute Gasteiger partial charge is 0.265 e. The summed E-state index contributed by atoms with van der Waals surface area (Å²) < 4.78 is 18.6. The van der Waals surface area contributed by atoms with Crippen LogP contribution in [0.2, 0.25) is 0 Å². The SMILES string of the molecule is CCCC/C(=N/NC(=O)CN1C(=O)COc2ccccc21)c1ccc(F)cc1. The second-order valence-electron chi connectivity index (χ2n) is 6.44. The number of benzene rings is 2. The number of nitrogens with one attached hydrogen (secondary N) is 1. The Hall–Kier alpha value is -3.22. The van der Waals surface area contributed by atoms with E-state index < -0.39 is 5.91 Å². The van der Waals surface area contributed by atoms with Gasteiger partial charge in [0.25, 0.3) is 11.8 Å². The van der Waals surface area contributed by atoms with Crippen LogP contribution >= 0.6 is 0 Å². The Bertz CT molecular complexity index is 881. The number of nitrogens with zero attached hydrogens (tertiary/aromatic N) is 2. The Morgan fingerprint density at radius 2 is 1.96 bits per heavy atom. The van der Waals surface area contributed by atoms with Crippen LogP contribution in [0.3, 0.4) is 0 Å². The summed E-state index contributed by atoms with van der Waals surface area (Å²) in [5.41, 5.74) is 4.50. The molecular weight excluding hydrogens is 361 g/mol. The van der Waals surface area contributed by atoms with Gasteiger partial charge in [-0.25, -0.2) is 9.82 Å². The third-order valence-electron chi connectivity index (χ3n) is 4.37. The van der Waals surface area contributed by atoms with Gasteiger partial charge >= 0.3 is 0 Å². The van der Waals surface area contributed by atoms with Crippen molar-refractivity contribution < 1.29 is 18.7 Å². The van der Waals surface area contributed by atoms with Crippen molar-refractivity contribution in [1.82, 2.24) is 5.43 Å². The van der Waals surface area contributed by atoms with E-state index in [1.54, 1.807) is 36.4 Å². The number of carbonyl (C=O) groups excluding carboxylic acids is 2. The molecule has 0 aliphatic carbocycles. The maximum Gasteiger partial charge on any atom is 0.265 e. The number of unbranched alkanes of at least 4 members (excludes halogenated alkanes) is 1. The van der Waals surface area contributed by atoms with Gasteiger partial charge in [0.05, 0.1) is 11.4 Å². The lowest BCUT2D eigenvalue weighted by molar-refractivity contribution is -0.125. The molecule has 0 bridgehead atoms. The minimum Gasteiger partial charge on any atom is -0.482 e. The maximum absolute atomic E-state index is 13.2. The molecule has 28 heavy (non-hydrogen) atoms. The molecule has 0 radical (unpaired) electrons. The van der Waals surface area contributed by atoms with Gasteiger partial charge in [-0.05, 0) is 42.7 Å². The van der Waals surface area contributed by atoms with Crippen molar-refractivity contribution >= 4 is 23.2 Å². The Morgan fingerprint density at radius 1 is 1.21 bits per heavy atom. The Kier molecular flexibility index (Phi) is 6.37. The number of para-hydroxylation sites is 2. The van der Waals surface area contributed by atoms with Gasteiger partial charge in [0, 0.05) is 0 Å². The summed E-state index contributed by atoms with van der Waals surface area (Å²) in [6.07, 6.45) is 2.51. The number of hydrogen-bond donors (Lipinski definition) is 1. The highest BCUT2D eigenvalue weighted by molar-refractivity contribution is 6.03. The monoisotopic (exact) mass is 383 g/mol. The van der Waals surface area contributed by atoms with E-state index in [-0.39, 0.29) is 24.9 Å². The molecule has 1 N–H and O–H groups in total. The summed E-state index contributed by atoms with van der Waals surface area (Å²) in [5.74, 6) is -0.468. The van der Waals surface area contributed by atoms with E-state index in [4.69, 9.17) is 4.74 Å². The first kappa shape index (κ1) is 19.5. The molecule has 0 unspecified atom stereocenters. The number of carbonyl (C=O) groups is 2. The first-order chi connectivity index (χ1) is 13.6. The topological polar surface area (TPSA) is 71.0 Å². The van der Waals surface area contributed by atoms with Crippen LogP contribution in [-0.2, 0) is 9.59 Å². The molecule has 1 aliphatic heterocycles. The molecule has 2 aromatic carbocycles. The van der Waals surface area contributed by atoms with Crippen molar-refractivity contribution in [2.24, 2.45) is 5.10 Å². The Morgan fingerprint density at radius 3 is 2.71 bits per heavy atom. The van der Waals surface area contributed by atoms with Gasteiger partial charge in [-0.15, -0.1) is 0 Å². The normalized spacial score (nSPS) is 13.7. The summed E-state index contributed by atoms with van der Waals surface area (Å²) >= 11 is 0. The number of fused-ring (bicyclic) bond motifs is 1. The van der Waals surface area contributed by atoms with Crippen molar-refractivity contribution in [2.45, 2.75) is 26.2 Å². The molecule has 1 aliphatic rings. The molecule has 6 nitrogen and oxygen atoms in total. The molecule has 0 saturated carbocycles. The molecule has 7 heteroatoms. The average Bonchev–Trinajstić information content (AvgIpc) is 2.71. The fourth-order valence-corrected chi connectivity index (χ4v) is 2.89. The van der Waals surface area contributed by atoms with E-state index in [1.165, 1.54) is 17.0 Å². The summed E-state index contributed by atoms with van der Waals surface area (Å²) in [4.78, 5) is 26.0. The van der Waals surface area contributed by atoms with E-state index in [0.29, 0.717) is 23.6 Å². The van der Waals surface area contributed by atoms with Crippen LogP contribution in [0.1, 0.15) is 31.7 Å². The number of anilines is 1. The molecule has 146 valence electrons. The van der Waals surface area contributed by atoms with Crippen molar-refractivity contribution in [2.75, 3.05) is 18.1 Å². The van der Waals surface area contributed by atoms with E-state index in [9.17, 15) is 14.0 Å². The van der Waals surface area contributed by atoms with Crippen LogP contribution in [0.5, 0.6) is 5.75 Å². The first-order valence-corrected chi connectivity index (χ1v) is 9.22.